The molecule has 0 amide bonds. The van der Waals surface area contributed by atoms with E-state index < -0.39 is 6.10 Å². The van der Waals surface area contributed by atoms with Crippen molar-refractivity contribution in [2.24, 2.45) is 0 Å². The molecule has 0 aromatic rings. The molecule has 6 nitrogen and oxygen atoms in total. The summed E-state index contributed by atoms with van der Waals surface area (Å²) in [6.07, 6.45) is 60.9. The van der Waals surface area contributed by atoms with Crippen LogP contribution in [0.15, 0.2) is 48.6 Å². The summed E-state index contributed by atoms with van der Waals surface area (Å²) in [5.41, 5.74) is 0. The molecular formula is C56H100O6. The lowest BCUT2D eigenvalue weighted by atomic mass is 10.0. The van der Waals surface area contributed by atoms with Crippen LogP contribution in [0, 0.1) is 0 Å². The van der Waals surface area contributed by atoms with Gasteiger partial charge in [-0.05, 0) is 77.0 Å². The monoisotopic (exact) mass is 869 g/mol. The SMILES string of the molecule is CC/C=C\C/C=C\C/C=C\CCCCCCCC(=O)OC(COC(=O)CCCCCCC/C=C\CCCCCC)COC(=O)CCCCCCCCCCCCCCCCCC. The highest BCUT2D eigenvalue weighted by atomic mass is 16.6. The number of esters is 3. The molecule has 0 aliphatic heterocycles. The van der Waals surface area contributed by atoms with E-state index >= 15 is 0 Å². The first-order valence-corrected chi connectivity index (χ1v) is 26.6. The Hall–Kier alpha value is -2.63. The van der Waals surface area contributed by atoms with Gasteiger partial charge in [-0.25, -0.2) is 0 Å². The molecule has 0 fully saturated rings. The van der Waals surface area contributed by atoms with Gasteiger partial charge in [-0.3, -0.25) is 14.4 Å². The van der Waals surface area contributed by atoms with E-state index in [1.807, 2.05) is 0 Å². The van der Waals surface area contributed by atoms with Crippen molar-refractivity contribution in [1.29, 1.82) is 0 Å². The smallest absolute Gasteiger partial charge is 0.306 e. The zero-order valence-corrected chi connectivity index (χ0v) is 41.1. The van der Waals surface area contributed by atoms with Crippen molar-refractivity contribution in [3.8, 4) is 0 Å². The Morgan fingerprint density at radius 1 is 0.339 bits per heavy atom. The normalized spacial score (nSPS) is 12.4. The first-order chi connectivity index (χ1) is 30.5. The van der Waals surface area contributed by atoms with Gasteiger partial charge >= 0.3 is 17.9 Å². The molecule has 0 heterocycles. The number of carbonyl (C=O) groups is 3. The van der Waals surface area contributed by atoms with Crippen molar-refractivity contribution >= 4 is 17.9 Å². The minimum absolute atomic E-state index is 0.0802. The van der Waals surface area contributed by atoms with Crippen LogP contribution in [-0.4, -0.2) is 37.2 Å². The molecule has 1 atom stereocenters. The summed E-state index contributed by atoms with van der Waals surface area (Å²) in [5.74, 6) is -0.897. The minimum Gasteiger partial charge on any atom is -0.462 e. The molecule has 0 aromatic heterocycles. The van der Waals surface area contributed by atoms with Gasteiger partial charge in [0.05, 0.1) is 0 Å². The molecule has 1 unspecified atom stereocenters. The van der Waals surface area contributed by atoms with E-state index in [-0.39, 0.29) is 31.1 Å². The van der Waals surface area contributed by atoms with Crippen LogP contribution in [0.1, 0.15) is 271 Å². The van der Waals surface area contributed by atoms with Crippen LogP contribution in [0.2, 0.25) is 0 Å². The molecule has 0 saturated carbocycles. The second kappa shape index (κ2) is 51.0. The van der Waals surface area contributed by atoms with Crippen molar-refractivity contribution in [3.63, 3.8) is 0 Å². The molecule has 0 radical (unpaired) electrons. The van der Waals surface area contributed by atoms with Gasteiger partial charge < -0.3 is 14.2 Å². The quantitative estimate of drug-likeness (QED) is 0.0262. The van der Waals surface area contributed by atoms with E-state index in [4.69, 9.17) is 14.2 Å². The molecular weight excluding hydrogens is 769 g/mol. The standard InChI is InChI=1S/C56H100O6/c1-4-7-10-13-16-19-22-25-27-29-31-34-37-40-43-46-49-55(58)61-52-53(51-60-54(57)48-45-42-39-36-33-30-24-21-18-15-12-9-6-3)62-56(59)50-47-44-41-38-35-32-28-26-23-20-17-14-11-8-5-2/h8,11,17,20-21,24,26,28,53H,4-7,9-10,12-16,18-19,22-23,25,27,29-52H2,1-3H3/b11-8-,20-17-,24-21-,28-26-. The van der Waals surface area contributed by atoms with Gasteiger partial charge in [0, 0.05) is 19.3 Å². The summed E-state index contributed by atoms with van der Waals surface area (Å²) in [6, 6.07) is 0. The molecule has 0 N–H and O–H groups in total. The number of hydrogen-bond acceptors (Lipinski definition) is 6. The van der Waals surface area contributed by atoms with Crippen LogP contribution in [0.3, 0.4) is 0 Å². The van der Waals surface area contributed by atoms with E-state index in [9.17, 15) is 14.4 Å². The van der Waals surface area contributed by atoms with Crippen LogP contribution < -0.4 is 0 Å². The summed E-state index contributed by atoms with van der Waals surface area (Å²) in [5, 5.41) is 0. The van der Waals surface area contributed by atoms with E-state index in [2.05, 4.69) is 69.4 Å². The number of rotatable bonds is 48. The Balaban J connectivity index is 4.38. The summed E-state index contributed by atoms with van der Waals surface area (Å²) in [4.78, 5) is 38.0. The fraction of sp³-hybridized carbons (Fsp3) is 0.804. The van der Waals surface area contributed by atoms with Gasteiger partial charge in [-0.1, -0.05) is 223 Å². The van der Waals surface area contributed by atoms with Gasteiger partial charge in [0.25, 0.3) is 0 Å². The lowest BCUT2D eigenvalue weighted by molar-refractivity contribution is -0.167. The van der Waals surface area contributed by atoms with Gasteiger partial charge in [0.2, 0.25) is 0 Å². The summed E-state index contributed by atoms with van der Waals surface area (Å²) in [6.45, 7) is 6.51. The summed E-state index contributed by atoms with van der Waals surface area (Å²) < 4.78 is 16.8. The molecule has 360 valence electrons. The average Bonchev–Trinajstić information content (AvgIpc) is 3.27. The molecule has 0 rings (SSSR count). The maximum atomic E-state index is 12.8. The molecule has 0 aliphatic rings. The minimum atomic E-state index is -0.782. The van der Waals surface area contributed by atoms with Crippen molar-refractivity contribution in [3.05, 3.63) is 48.6 Å². The zero-order chi connectivity index (χ0) is 45.1. The topological polar surface area (TPSA) is 78.9 Å². The second-order valence-corrected chi connectivity index (χ2v) is 17.8. The van der Waals surface area contributed by atoms with Crippen LogP contribution >= 0.6 is 0 Å². The Kier molecular flexibility index (Phi) is 48.8. The highest BCUT2D eigenvalue weighted by molar-refractivity contribution is 5.71. The Labute approximate surface area is 384 Å². The maximum Gasteiger partial charge on any atom is 0.306 e. The van der Waals surface area contributed by atoms with E-state index in [1.165, 1.54) is 128 Å². The number of ether oxygens (including phenoxy) is 3. The second-order valence-electron chi connectivity index (χ2n) is 17.8. The molecule has 62 heavy (non-hydrogen) atoms. The van der Waals surface area contributed by atoms with E-state index in [0.29, 0.717) is 19.3 Å². The van der Waals surface area contributed by atoms with Crippen LogP contribution in [0.4, 0.5) is 0 Å². The van der Waals surface area contributed by atoms with Crippen molar-refractivity contribution in [2.75, 3.05) is 13.2 Å². The molecule has 0 aliphatic carbocycles. The predicted octanol–water partition coefficient (Wildman–Crippen LogP) is 17.5. The van der Waals surface area contributed by atoms with E-state index in [0.717, 1.165) is 103 Å². The third-order valence-electron chi connectivity index (χ3n) is 11.6. The van der Waals surface area contributed by atoms with Crippen LogP contribution in [0.5, 0.6) is 0 Å². The van der Waals surface area contributed by atoms with Crippen LogP contribution in [0.25, 0.3) is 0 Å². The lowest BCUT2D eigenvalue weighted by Crippen LogP contribution is -2.30. The van der Waals surface area contributed by atoms with Gasteiger partial charge in [0.1, 0.15) is 13.2 Å². The van der Waals surface area contributed by atoms with E-state index in [1.54, 1.807) is 0 Å². The van der Waals surface area contributed by atoms with Crippen molar-refractivity contribution in [1.82, 2.24) is 0 Å². The third kappa shape index (κ3) is 48.4. The fourth-order valence-corrected chi connectivity index (χ4v) is 7.57. The summed E-state index contributed by atoms with van der Waals surface area (Å²) in [7, 11) is 0. The number of carbonyl (C=O) groups excluding carboxylic acids is 3. The first-order valence-electron chi connectivity index (χ1n) is 26.6. The summed E-state index contributed by atoms with van der Waals surface area (Å²) >= 11 is 0. The Bertz CT molecular complexity index is 1090. The molecule has 0 bridgehead atoms. The zero-order valence-electron chi connectivity index (χ0n) is 41.1. The predicted molar refractivity (Wildman–Crippen MR) is 265 cm³/mol. The van der Waals surface area contributed by atoms with Gasteiger partial charge in [-0.2, -0.15) is 0 Å². The third-order valence-corrected chi connectivity index (χ3v) is 11.6. The Morgan fingerprint density at radius 2 is 0.629 bits per heavy atom. The molecule has 0 saturated heterocycles. The van der Waals surface area contributed by atoms with Gasteiger partial charge in [-0.15, -0.1) is 0 Å². The van der Waals surface area contributed by atoms with Crippen molar-refractivity contribution in [2.45, 2.75) is 277 Å². The lowest BCUT2D eigenvalue weighted by Gasteiger charge is -2.18. The number of hydrogen-bond donors (Lipinski definition) is 0. The van der Waals surface area contributed by atoms with Crippen LogP contribution in [-0.2, 0) is 28.6 Å². The van der Waals surface area contributed by atoms with Crippen molar-refractivity contribution < 1.29 is 28.6 Å². The average molecular weight is 869 g/mol. The largest absolute Gasteiger partial charge is 0.462 e. The Morgan fingerprint density at radius 3 is 1.02 bits per heavy atom. The number of allylic oxidation sites excluding steroid dienone is 8. The number of unbranched alkanes of at least 4 members (excludes halogenated alkanes) is 29. The highest BCUT2D eigenvalue weighted by Crippen LogP contribution is 2.16. The fourth-order valence-electron chi connectivity index (χ4n) is 7.57. The molecule has 6 heteroatoms. The first kappa shape index (κ1) is 59.4. The molecule has 0 spiro atoms. The highest BCUT2D eigenvalue weighted by Gasteiger charge is 2.19. The van der Waals surface area contributed by atoms with Gasteiger partial charge in [0.15, 0.2) is 6.10 Å². The maximum absolute atomic E-state index is 12.8. The molecule has 0 aromatic carbocycles.